The van der Waals surface area contributed by atoms with Gasteiger partial charge in [0.1, 0.15) is 5.82 Å². The first kappa shape index (κ1) is 13.7. The fraction of sp³-hybridized carbons (Fsp3) is 0.154. The van der Waals surface area contributed by atoms with Gasteiger partial charge in [-0.15, -0.1) is 0 Å². The molecule has 0 aliphatic rings. The van der Waals surface area contributed by atoms with Crippen LogP contribution in [0.1, 0.15) is 5.56 Å². The molecular weight excluding hydrogens is 335 g/mol. The van der Waals surface area contributed by atoms with Gasteiger partial charge >= 0.3 is 0 Å². The van der Waals surface area contributed by atoms with Gasteiger partial charge < -0.3 is 4.90 Å². The Hall–Kier alpha value is -0.770. The van der Waals surface area contributed by atoms with Crippen LogP contribution in [0.3, 0.4) is 0 Å². The summed E-state index contributed by atoms with van der Waals surface area (Å²) in [5.41, 5.74) is 1.06. The SMILES string of the molecule is CN(Cc1ccccc1Cl)c1ncc(Cl)cc1Br. The summed E-state index contributed by atoms with van der Waals surface area (Å²) in [5, 5.41) is 1.37. The number of hydrogen-bond acceptors (Lipinski definition) is 2. The number of halogens is 3. The Bertz CT molecular complexity index is 560. The van der Waals surface area contributed by atoms with Gasteiger partial charge in [-0.2, -0.15) is 0 Å². The third-order valence-electron chi connectivity index (χ3n) is 2.52. The van der Waals surface area contributed by atoms with E-state index in [9.17, 15) is 0 Å². The van der Waals surface area contributed by atoms with E-state index in [1.54, 1.807) is 6.20 Å². The van der Waals surface area contributed by atoms with Crippen LogP contribution in [-0.4, -0.2) is 12.0 Å². The first-order chi connectivity index (χ1) is 8.58. The summed E-state index contributed by atoms with van der Waals surface area (Å²) in [6.07, 6.45) is 1.63. The van der Waals surface area contributed by atoms with Gasteiger partial charge in [-0.05, 0) is 33.6 Å². The molecule has 0 N–H and O–H groups in total. The zero-order chi connectivity index (χ0) is 13.1. The van der Waals surface area contributed by atoms with Gasteiger partial charge in [0, 0.05) is 24.8 Å². The molecule has 94 valence electrons. The van der Waals surface area contributed by atoms with Gasteiger partial charge in [-0.25, -0.2) is 4.98 Å². The van der Waals surface area contributed by atoms with E-state index in [-0.39, 0.29) is 0 Å². The van der Waals surface area contributed by atoms with Crippen LogP contribution in [0, 0.1) is 0 Å². The summed E-state index contributed by atoms with van der Waals surface area (Å²) >= 11 is 15.5. The van der Waals surface area contributed by atoms with Crippen LogP contribution < -0.4 is 4.90 Å². The predicted molar refractivity (Wildman–Crippen MR) is 80.5 cm³/mol. The van der Waals surface area contributed by atoms with Crippen molar-refractivity contribution in [2.45, 2.75) is 6.54 Å². The molecule has 0 aliphatic carbocycles. The van der Waals surface area contributed by atoms with Crippen molar-refractivity contribution in [2.75, 3.05) is 11.9 Å². The average molecular weight is 346 g/mol. The Labute approximate surface area is 125 Å². The van der Waals surface area contributed by atoms with E-state index in [4.69, 9.17) is 23.2 Å². The predicted octanol–water partition coefficient (Wildman–Crippen LogP) is 4.79. The second-order valence-electron chi connectivity index (χ2n) is 3.91. The number of benzene rings is 1. The molecule has 0 aliphatic heterocycles. The zero-order valence-corrected chi connectivity index (χ0v) is 12.8. The molecule has 0 unspecified atom stereocenters. The third-order valence-corrected chi connectivity index (χ3v) is 3.67. The lowest BCUT2D eigenvalue weighted by Gasteiger charge is -2.20. The minimum atomic E-state index is 0.608. The zero-order valence-electron chi connectivity index (χ0n) is 9.70. The minimum absolute atomic E-state index is 0.608. The number of aromatic nitrogens is 1. The van der Waals surface area contributed by atoms with Crippen LogP contribution in [0.25, 0.3) is 0 Å². The Kier molecular flexibility index (Phi) is 4.49. The highest BCUT2D eigenvalue weighted by atomic mass is 79.9. The molecule has 0 saturated heterocycles. The highest BCUT2D eigenvalue weighted by molar-refractivity contribution is 9.10. The minimum Gasteiger partial charge on any atom is -0.354 e. The van der Waals surface area contributed by atoms with Crippen molar-refractivity contribution in [1.29, 1.82) is 0 Å². The maximum Gasteiger partial charge on any atom is 0.143 e. The summed E-state index contributed by atoms with van der Waals surface area (Å²) in [4.78, 5) is 6.32. The van der Waals surface area contributed by atoms with Crippen LogP contribution in [-0.2, 0) is 6.54 Å². The summed E-state index contributed by atoms with van der Waals surface area (Å²) in [5.74, 6) is 0.833. The lowest BCUT2D eigenvalue weighted by molar-refractivity contribution is 0.894. The Morgan fingerprint density at radius 1 is 1.28 bits per heavy atom. The molecule has 2 rings (SSSR count). The van der Waals surface area contributed by atoms with Crippen molar-refractivity contribution < 1.29 is 0 Å². The molecular formula is C13H11BrCl2N2. The van der Waals surface area contributed by atoms with Gasteiger partial charge in [0.25, 0.3) is 0 Å². The van der Waals surface area contributed by atoms with Gasteiger partial charge in [0.15, 0.2) is 0 Å². The van der Waals surface area contributed by atoms with E-state index in [1.807, 2.05) is 42.3 Å². The van der Waals surface area contributed by atoms with Crippen molar-refractivity contribution in [1.82, 2.24) is 4.98 Å². The van der Waals surface area contributed by atoms with Crippen LogP contribution in [0.2, 0.25) is 10.0 Å². The second-order valence-corrected chi connectivity index (χ2v) is 5.60. The first-order valence-corrected chi connectivity index (χ1v) is 6.88. The van der Waals surface area contributed by atoms with Crippen molar-refractivity contribution in [2.24, 2.45) is 0 Å². The number of nitrogens with zero attached hydrogens (tertiary/aromatic N) is 2. The fourth-order valence-electron chi connectivity index (χ4n) is 1.65. The Balaban J connectivity index is 2.22. The molecule has 0 amide bonds. The summed E-state index contributed by atoms with van der Waals surface area (Å²) in [6.45, 7) is 0.687. The first-order valence-electron chi connectivity index (χ1n) is 5.33. The third kappa shape index (κ3) is 3.16. The Morgan fingerprint density at radius 3 is 2.67 bits per heavy atom. The van der Waals surface area contributed by atoms with E-state index in [0.29, 0.717) is 11.6 Å². The lowest BCUT2D eigenvalue weighted by atomic mass is 10.2. The van der Waals surface area contributed by atoms with Gasteiger partial charge in [0.2, 0.25) is 0 Å². The molecule has 0 spiro atoms. The topological polar surface area (TPSA) is 16.1 Å². The van der Waals surface area contributed by atoms with Crippen LogP contribution in [0.15, 0.2) is 41.0 Å². The number of hydrogen-bond donors (Lipinski definition) is 0. The van der Waals surface area contributed by atoms with E-state index >= 15 is 0 Å². The molecule has 0 radical (unpaired) electrons. The molecule has 1 aromatic heterocycles. The van der Waals surface area contributed by atoms with Crippen LogP contribution in [0.4, 0.5) is 5.82 Å². The maximum absolute atomic E-state index is 6.14. The summed E-state index contributed by atoms with van der Waals surface area (Å²) < 4.78 is 0.865. The van der Waals surface area contributed by atoms with E-state index in [2.05, 4.69) is 20.9 Å². The standard InChI is InChI=1S/C13H11BrCl2N2/c1-18(8-9-4-2-3-5-12(9)16)13-11(14)6-10(15)7-17-13/h2-7H,8H2,1H3. The molecule has 18 heavy (non-hydrogen) atoms. The molecule has 0 fully saturated rings. The summed E-state index contributed by atoms with van der Waals surface area (Å²) in [6, 6.07) is 9.60. The smallest absolute Gasteiger partial charge is 0.143 e. The van der Waals surface area contributed by atoms with Crippen molar-refractivity contribution >= 4 is 44.9 Å². The molecule has 1 heterocycles. The summed E-state index contributed by atoms with van der Waals surface area (Å²) in [7, 11) is 1.96. The molecule has 0 bridgehead atoms. The van der Waals surface area contributed by atoms with Crippen molar-refractivity contribution in [3.8, 4) is 0 Å². The van der Waals surface area contributed by atoms with Crippen molar-refractivity contribution in [3.05, 3.63) is 56.6 Å². The van der Waals surface area contributed by atoms with Gasteiger partial charge in [0.05, 0.1) is 9.50 Å². The second kappa shape index (κ2) is 5.91. The lowest BCUT2D eigenvalue weighted by Crippen LogP contribution is -2.18. The fourth-order valence-corrected chi connectivity index (χ4v) is 2.78. The maximum atomic E-state index is 6.14. The van der Waals surface area contributed by atoms with E-state index in [0.717, 1.165) is 20.9 Å². The van der Waals surface area contributed by atoms with Crippen LogP contribution in [0.5, 0.6) is 0 Å². The van der Waals surface area contributed by atoms with E-state index < -0.39 is 0 Å². The molecule has 2 nitrogen and oxygen atoms in total. The highest BCUT2D eigenvalue weighted by Crippen LogP contribution is 2.27. The molecule has 1 aromatic carbocycles. The average Bonchev–Trinajstić information content (AvgIpc) is 2.32. The largest absolute Gasteiger partial charge is 0.354 e. The highest BCUT2D eigenvalue weighted by Gasteiger charge is 2.10. The molecule has 2 aromatic rings. The molecule has 0 saturated carbocycles. The molecule has 0 atom stereocenters. The van der Waals surface area contributed by atoms with Gasteiger partial charge in [-0.1, -0.05) is 41.4 Å². The normalized spacial score (nSPS) is 10.4. The monoisotopic (exact) mass is 344 g/mol. The van der Waals surface area contributed by atoms with Crippen molar-refractivity contribution in [3.63, 3.8) is 0 Å². The van der Waals surface area contributed by atoms with E-state index in [1.165, 1.54) is 0 Å². The number of pyridine rings is 1. The molecule has 5 heteroatoms. The quantitative estimate of drug-likeness (QED) is 0.795. The Morgan fingerprint density at radius 2 is 2.00 bits per heavy atom. The van der Waals surface area contributed by atoms with Crippen LogP contribution >= 0.6 is 39.1 Å². The van der Waals surface area contributed by atoms with Gasteiger partial charge in [-0.3, -0.25) is 0 Å². The number of anilines is 1. The number of rotatable bonds is 3.